The summed E-state index contributed by atoms with van der Waals surface area (Å²) in [6.07, 6.45) is 9.76. The van der Waals surface area contributed by atoms with Gasteiger partial charge in [0.05, 0.1) is 6.20 Å². The van der Waals surface area contributed by atoms with Crippen LogP contribution in [-0.2, 0) is 13.1 Å². The molecule has 0 saturated heterocycles. The van der Waals surface area contributed by atoms with E-state index in [0.29, 0.717) is 6.04 Å². The van der Waals surface area contributed by atoms with Gasteiger partial charge in [0, 0.05) is 30.9 Å². The highest BCUT2D eigenvalue weighted by atomic mass is 15.3. The second kappa shape index (κ2) is 5.48. The molecular formula is C13H23N3. The molecule has 0 aromatic carbocycles. The average molecular weight is 221 g/mol. The first-order chi connectivity index (χ1) is 7.79. The molecule has 0 bridgehead atoms. The van der Waals surface area contributed by atoms with Crippen LogP contribution in [0.1, 0.15) is 45.1 Å². The van der Waals surface area contributed by atoms with Gasteiger partial charge >= 0.3 is 0 Å². The molecular weight excluding hydrogens is 198 g/mol. The number of hydrogen-bond donors (Lipinski definition) is 1. The molecule has 2 rings (SSSR count). The zero-order valence-electron chi connectivity index (χ0n) is 10.4. The fraction of sp³-hybridized carbons (Fsp3) is 0.769. The lowest BCUT2D eigenvalue weighted by atomic mass is 10.00. The Hall–Kier alpha value is -0.830. The second-order valence-corrected chi connectivity index (χ2v) is 4.92. The third-order valence-electron chi connectivity index (χ3n) is 3.75. The van der Waals surface area contributed by atoms with Gasteiger partial charge in [-0.1, -0.05) is 12.8 Å². The third-order valence-corrected chi connectivity index (χ3v) is 3.75. The first-order valence-electron chi connectivity index (χ1n) is 6.54. The normalized spacial score (nSPS) is 19.1. The molecule has 0 aliphatic heterocycles. The van der Waals surface area contributed by atoms with Crippen molar-refractivity contribution in [2.45, 2.75) is 58.7 Å². The molecule has 0 spiro atoms. The topological polar surface area (TPSA) is 29.9 Å². The van der Waals surface area contributed by atoms with Crippen molar-refractivity contribution in [1.82, 2.24) is 15.1 Å². The fourth-order valence-electron chi connectivity index (χ4n) is 2.57. The Morgan fingerprint density at radius 1 is 1.50 bits per heavy atom. The molecule has 16 heavy (non-hydrogen) atoms. The molecule has 1 aromatic rings. The molecule has 1 atom stereocenters. The minimum Gasteiger partial charge on any atom is -0.310 e. The standard InChI is InChI=1S/C13H23N3/c1-3-16-10-12(9-15-16)8-14-11(2)13-6-4-5-7-13/h9-11,13-14H,3-8H2,1-2H3/t11-/m0/s1. The van der Waals surface area contributed by atoms with Crippen molar-refractivity contribution in [3.8, 4) is 0 Å². The zero-order valence-corrected chi connectivity index (χ0v) is 10.4. The van der Waals surface area contributed by atoms with Gasteiger partial charge in [-0.05, 0) is 32.6 Å². The number of aromatic nitrogens is 2. The largest absolute Gasteiger partial charge is 0.310 e. The van der Waals surface area contributed by atoms with Crippen LogP contribution in [-0.4, -0.2) is 15.8 Å². The molecule has 1 heterocycles. The summed E-state index contributed by atoms with van der Waals surface area (Å²) in [5.41, 5.74) is 1.30. The highest BCUT2D eigenvalue weighted by molar-refractivity contribution is 5.03. The SMILES string of the molecule is CCn1cc(CN[C@@H](C)C2CCCC2)cn1. The molecule has 1 aromatic heterocycles. The Morgan fingerprint density at radius 3 is 2.88 bits per heavy atom. The summed E-state index contributed by atoms with van der Waals surface area (Å²) in [7, 11) is 0. The molecule has 1 saturated carbocycles. The van der Waals surface area contributed by atoms with Crippen LogP contribution in [0.15, 0.2) is 12.4 Å². The minimum absolute atomic E-state index is 0.646. The van der Waals surface area contributed by atoms with Crippen molar-refractivity contribution in [1.29, 1.82) is 0 Å². The maximum absolute atomic E-state index is 4.29. The molecule has 1 N–H and O–H groups in total. The first kappa shape index (κ1) is 11.6. The highest BCUT2D eigenvalue weighted by Crippen LogP contribution is 2.27. The van der Waals surface area contributed by atoms with E-state index in [0.717, 1.165) is 19.0 Å². The van der Waals surface area contributed by atoms with Crippen molar-refractivity contribution in [3.63, 3.8) is 0 Å². The van der Waals surface area contributed by atoms with Crippen molar-refractivity contribution in [2.75, 3.05) is 0 Å². The number of aryl methyl sites for hydroxylation is 1. The summed E-state index contributed by atoms with van der Waals surface area (Å²) in [5, 5.41) is 7.91. The predicted octanol–water partition coefficient (Wildman–Crippen LogP) is 2.57. The number of rotatable bonds is 5. The number of nitrogens with zero attached hydrogens (tertiary/aromatic N) is 2. The van der Waals surface area contributed by atoms with Crippen LogP contribution in [0.4, 0.5) is 0 Å². The summed E-state index contributed by atoms with van der Waals surface area (Å²) in [6, 6.07) is 0.646. The lowest BCUT2D eigenvalue weighted by Crippen LogP contribution is -2.31. The summed E-state index contributed by atoms with van der Waals surface area (Å²) < 4.78 is 1.98. The average Bonchev–Trinajstić information content (AvgIpc) is 2.96. The van der Waals surface area contributed by atoms with Gasteiger partial charge in [-0.25, -0.2) is 0 Å². The second-order valence-electron chi connectivity index (χ2n) is 4.92. The van der Waals surface area contributed by atoms with E-state index in [-0.39, 0.29) is 0 Å². The van der Waals surface area contributed by atoms with E-state index < -0.39 is 0 Å². The van der Waals surface area contributed by atoms with Gasteiger partial charge in [0.15, 0.2) is 0 Å². The molecule has 0 radical (unpaired) electrons. The van der Waals surface area contributed by atoms with Gasteiger partial charge in [0.25, 0.3) is 0 Å². The van der Waals surface area contributed by atoms with Gasteiger partial charge < -0.3 is 5.32 Å². The fourth-order valence-corrected chi connectivity index (χ4v) is 2.57. The Balaban J connectivity index is 1.77. The highest BCUT2D eigenvalue weighted by Gasteiger charge is 2.20. The minimum atomic E-state index is 0.646. The van der Waals surface area contributed by atoms with E-state index in [1.807, 2.05) is 10.9 Å². The maximum Gasteiger partial charge on any atom is 0.0534 e. The van der Waals surface area contributed by atoms with Crippen LogP contribution in [0, 0.1) is 5.92 Å². The van der Waals surface area contributed by atoms with Crippen molar-refractivity contribution >= 4 is 0 Å². The van der Waals surface area contributed by atoms with Crippen molar-refractivity contribution in [2.24, 2.45) is 5.92 Å². The lowest BCUT2D eigenvalue weighted by molar-refractivity contribution is 0.380. The summed E-state index contributed by atoms with van der Waals surface area (Å²) in [5.74, 6) is 0.890. The molecule has 1 fully saturated rings. The third kappa shape index (κ3) is 2.85. The summed E-state index contributed by atoms with van der Waals surface area (Å²) >= 11 is 0. The van der Waals surface area contributed by atoms with Crippen LogP contribution >= 0.6 is 0 Å². The number of nitrogens with one attached hydrogen (secondary N) is 1. The van der Waals surface area contributed by atoms with E-state index in [1.165, 1.54) is 31.2 Å². The van der Waals surface area contributed by atoms with Crippen LogP contribution in [0.5, 0.6) is 0 Å². The van der Waals surface area contributed by atoms with Gasteiger partial charge in [-0.15, -0.1) is 0 Å². The molecule has 1 aliphatic carbocycles. The molecule has 0 amide bonds. The smallest absolute Gasteiger partial charge is 0.0534 e. The lowest BCUT2D eigenvalue weighted by Gasteiger charge is -2.19. The van der Waals surface area contributed by atoms with Crippen molar-refractivity contribution in [3.05, 3.63) is 18.0 Å². The number of hydrogen-bond acceptors (Lipinski definition) is 2. The maximum atomic E-state index is 4.29. The molecule has 3 heteroatoms. The van der Waals surface area contributed by atoms with Gasteiger partial charge in [-0.3, -0.25) is 4.68 Å². The monoisotopic (exact) mass is 221 g/mol. The molecule has 90 valence electrons. The van der Waals surface area contributed by atoms with E-state index in [2.05, 4.69) is 30.5 Å². The quantitative estimate of drug-likeness (QED) is 0.828. The van der Waals surface area contributed by atoms with Crippen molar-refractivity contribution < 1.29 is 0 Å². The van der Waals surface area contributed by atoms with E-state index in [1.54, 1.807) is 0 Å². The zero-order chi connectivity index (χ0) is 11.4. The Labute approximate surface area is 98.2 Å². The van der Waals surface area contributed by atoms with E-state index in [9.17, 15) is 0 Å². The summed E-state index contributed by atoms with van der Waals surface area (Å²) in [6.45, 7) is 6.35. The molecule has 0 unspecified atom stereocenters. The Morgan fingerprint density at radius 2 is 2.25 bits per heavy atom. The van der Waals surface area contributed by atoms with E-state index >= 15 is 0 Å². The van der Waals surface area contributed by atoms with Gasteiger partial charge in [0.2, 0.25) is 0 Å². The Kier molecular flexibility index (Phi) is 3.99. The summed E-state index contributed by atoms with van der Waals surface area (Å²) in [4.78, 5) is 0. The van der Waals surface area contributed by atoms with Gasteiger partial charge in [0.1, 0.15) is 0 Å². The van der Waals surface area contributed by atoms with Crippen LogP contribution in [0.2, 0.25) is 0 Å². The molecule has 1 aliphatic rings. The van der Waals surface area contributed by atoms with E-state index in [4.69, 9.17) is 0 Å². The van der Waals surface area contributed by atoms with Crippen LogP contribution < -0.4 is 5.32 Å². The Bertz CT molecular complexity index is 313. The molecule has 3 nitrogen and oxygen atoms in total. The van der Waals surface area contributed by atoms with Crippen LogP contribution in [0.25, 0.3) is 0 Å². The van der Waals surface area contributed by atoms with Gasteiger partial charge in [-0.2, -0.15) is 5.10 Å². The van der Waals surface area contributed by atoms with Crippen LogP contribution in [0.3, 0.4) is 0 Å². The predicted molar refractivity (Wildman–Crippen MR) is 66.2 cm³/mol. The first-order valence-corrected chi connectivity index (χ1v) is 6.54.